The van der Waals surface area contributed by atoms with Crippen LogP contribution in [0.15, 0.2) is 53.5 Å². The van der Waals surface area contributed by atoms with Crippen molar-refractivity contribution in [2.75, 3.05) is 23.3 Å². The molecule has 0 saturated carbocycles. The van der Waals surface area contributed by atoms with Gasteiger partial charge in [0.15, 0.2) is 0 Å². The average molecular weight is 562 g/mol. The van der Waals surface area contributed by atoms with Gasteiger partial charge in [0.05, 0.1) is 17.4 Å². The third-order valence-corrected chi connectivity index (χ3v) is 7.33. The Bertz CT molecular complexity index is 1330. The molecule has 2 unspecified atom stereocenters. The van der Waals surface area contributed by atoms with Gasteiger partial charge in [0.1, 0.15) is 5.60 Å². The summed E-state index contributed by atoms with van der Waals surface area (Å²) in [7, 11) is 0. The molecule has 0 aromatic heterocycles. The molecule has 2 atom stereocenters. The highest BCUT2D eigenvalue weighted by molar-refractivity contribution is 6.16. The maximum atomic E-state index is 14.0. The van der Waals surface area contributed by atoms with Crippen LogP contribution < -0.4 is 15.5 Å². The van der Waals surface area contributed by atoms with Crippen molar-refractivity contribution in [3.8, 4) is 0 Å². The van der Waals surface area contributed by atoms with Gasteiger partial charge in [-0.3, -0.25) is 14.7 Å². The third-order valence-electron chi connectivity index (χ3n) is 7.33. The van der Waals surface area contributed by atoms with Crippen LogP contribution in [-0.4, -0.2) is 59.5 Å². The molecule has 2 aromatic rings. The van der Waals surface area contributed by atoms with Crippen molar-refractivity contribution >= 4 is 35.1 Å². The highest BCUT2D eigenvalue weighted by Crippen LogP contribution is 2.38. The fourth-order valence-corrected chi connectivity index (χ4v) is 5.38. The Labute approximate surface area is 243 Å². The lowest BCUT2D eigenvalue weighted by Crippen LogP contribution is -2.54. The van der Waals surface area contributed by atoms with E-state index in [1.165, 1.54) is 0 Å². The first-order valence-electron chi connectivity index (χ1n) is 14.4. The van der Waals surface area contributed by atoms with E-state index in [0.717, 1.165) is 24.0 Å². The molecule has 9 nitrogen and oxygen atoms in total. The Morgan fingerprint density at radius 1 is 1.12 bits per heavy atom. The quantitative estimate of drug-likeness (QED) is 0.459. The number of carbonyl (C=O) groups excluding carboxylic acids is 3. The first-order chi connectivity index (χ1) is 19.3. The Morgan fingerprint density at radius 2 is 1.85 bits per heavy atom. The predicted octanol–water partition coefficient (Wildman–Crippen LogP) is 6.11. The van der Waals surface area contributed by atoms with E-state index in [9.17, 15) is 14.4 Å². The van der Waals surface area contributed by atoms with Crippen molar-refractivity contribution < 1.29 is 19.1 Å². The van der Waals surface area contributed by atoms with Crippen LogP contribution in [-0.2, 0) is 9.53 Å². The molecule has 220 valence electrons. The van der Waals surface area contributed by atoms with E-state index in [2.05, 4.69) is 24.5 Å². The first kappa shape index (κ1) is 30.1. The zero-order valence-corrected chi connectivity index (χ0v) is 25.3. The number of anilines is 2. The molecule has 4 amide bonds. The fourth-order valence-electron chi connectivity index (χ4n) is 5.38. The van der Waals surface area contributed by atoms with Crippen LogP contribution in [0.4, 0.5) is 21.0 Å². The van der Waals surface area contributed by atoms with Gasteiger partial charge in [-0.1, -0.05) is 51.1 Å². The molecular weight excluding hydrogens is 518 g/mol. The lowest BCUT2D eigenvalue weighted by molar-refractivity contribution is -0.120. The number of amides is 4. The first-order valence-corrected chi connectivity index (χ1v) is 14.4. The summed E-state index contributed by atoms with van der Waals surface area (Å²) < 4.78 is 5.81. The van der Waals surface area contributed by atoms with Crippen molar-refractivity contribution in [1.29, 1.82) is 0 Å². The summed E-state index contributed by atoms with van der Waals surface area (Å²) in [5.74, 6) is -0.326. The number of para-hydroxylation sites is 1. The van der Waals surface area contributed by atoms with Crippen LogP contribution in [0.25, 0.3) is 0 Å². The summed E-state index contributed by atoms with van der Waals surface area (Å²) in [6, 6.07) is 14.1. The number of hydrogen-bond acceptors (Lipinski definition) is 5. The molecule has 41 heavy (non-hydrogen) atoms. The smallest absolute Gasteiger partial charge is 0.410 e. The third kappa shape index (κ3) is 7.26. The molecule has 0 bridgehead atoms. The number of rotatable bonds is 5. The standard InChI is InChI=1S/C32H43N5O4/c1-8-17-36-24-15-10-9-14-23(24)26(25-20-32(6,7)16-18-37(25)30(40)41-31(3,4)5)34-27(28(36)38)35-29(39)33-22-13-11-12-21(2)19-22/h9-15,19,25,27H,8,16-18,20H2,1-7H3,(H2,33,35,39). The summed E-state index contributed by atoms with van der Waals surface area (Å²) >= 11 is 0. The zero-order valence-electron chi connectivity index (χ0n) is 25.3. The minimum atomic E-state index is -1.18. The van der Waals surface area contributed by atoms with Crippen LogP contribution in [0, 0.1) is 12.3 Å². The van der Waals surface area contributed by atoms with Crippen LogP contribution in [0.1, 0.15) is 71.9 Å². The second-order valence-electron chi connectivity index (χ2n) is 12.7. The van der Waals surface area contributed by atoms with E-state index < -0.39 is 29.9 Å². The molecule has 4 rings (SSSR count). The number of fused-ring (bicyclic) bond motifs is 1. The summed E-state index contributed by atoms with van der Waals surface area (Å²) in [6.45, 7) is 14.8. The van der Waals surface area contributed by atoms with Crippen LogP contribution in [0.3, 0.4) is 0 Å². The highest BCUT2D eigenvalue weighted by atomic mass is 16.6. The molecule has 2 aromatic carbocycles. The van der Waals surface area contributed by atoms with Gasteiger partial charge in [-0.25, -0.2) is 9.59 Å². The molecule has 1 fully saturated rings. The Morgan fingerprint density at radius 3 is 2.54 bits per heavy atom. The molecule has 0 aliphatic carbocycles. The van der Waals surface area contributed by atoms with E-state index in [0.29, 0.717) is 36.6 Å². The Hall–Kier alpha value is -3.88. The number of benzodiazepines with no additional fused rings is 1. The molecule has 1 saturated heterocycles. The maximum absolute atomic E-state index is 14.0. The SMILES string of the molecule is CCCN1C(=O)C(NC(=O)Nc2cccc(C)c2)N=C(C2CC(C)(C)CCN2C(=O)OC(C)(C)C)c2ccccc21. The number of piperidine rings is 1. The Balaban J connectivity index is 1.78. The van der Waals surface area contributed by atoms with Crippen LogP contribution in [0.2, 0.25) is 0 Å². The number of ether oxygens (including phenoxy) is 1. The summed E-state index contributed by atoms with van der Waals surface area (Å²) in [5.41, 5.74) is 2.96. The molecular formula is C32H43N5O4. The van der Waals surface area contributed by atoms with Gasteiger partial charge in [0.2, 0.25) is 6.17 Å². The van der Waals surface area contributed by atoms with Gasteiger partial charge < -0.3 is 20.3 Å². The van der Waals surface area contributed by atoms with E-state index in [-0.39, 0.29) is 11.3 Å². The summed E-state index contributed by atoms with van der Waals surface area (Å²) in [5, 5.41) is 5.63. The van der Waals surface area contributed by atoms with E-state index in [1.807, 2.05) is 77.1 Å². The van der Waals surface area contributed by atoms with Crippen molar-refractivity contribution in [1.82, 2.24) is 10.2 Å². The van der Waals surface area contributed by atoms with Gasteiger partial charge in [-0.15, -0.1) is 0 Å². The monoisotopic (exact) mass is 561 g/mol. The molecule has 2 aliphatic rings. The van der Waals surface area contributed by atoms with Gasteiger partial charge >= 0.3 is 12.1 Å². The number of urea groups is 1. The predicted molar refractivity (Wildman–Crippen MR) is 162 cm³/mol. The summed E-state index contributed by atoms with van der Waals surface area (Å²) in [6.07, 6.45) is 0.557. The van der Waals surface area contributed by atoms with Gasteiger partial charge in [-0.05, 0) is 76.1 Å². The summed E-state index contributed by atoms with van der Waals surface area (Å²) in [4.78, 5) is 49.0. The van der Waals surface area contributed by atoms with Crippen molar-refractivity contribution in [2.24, 2.45) is 10.4 Å². The van der Waals surface area contributed by atoms with Gasteiger partial charge in [-0.2, -0.15) is 0 Å². The highest BCUT2D eigenvalue weighted by Gasteiger charge is 2.43. The van der Waals surface area contributed by atoms with Crippen molar-refractivity contribution in [3.05, 3.63) is 59.7 Å². The lowest BCUT2D eigenvalue weighted by Gasteiger charge is -2.44. The number of hydrogen-bond donors (Lipinski definition) is 2. The van der Waals surface area contributed by atoms with Crippen molar-refractivity contribution in [3.63, 3.8) is 0 Å². The van der Waals surface area contributed by atoms with Gasteiger partial charge in [0, 0.05) is 24.3 Å². The van der Waals surface area contributed by atoms with Crippen LogP contribution in [0.5, 0.6) is 0 Å². The van der Waals surface area contributed by atoms with E-state index in [4.69, 9.17) is 9.73 Å². The van der Waals surface area contributed by atoms with Gasteiger partial charge in [0.25, 0.3) is 5.91 Å². The largest absolute Gasteiger partial charge is 0.444 e. The average Bonchev–Trinajstić information content (AvgIpc) is 2.98. The number of carbonyl (C=O) groups is 3. The van der Waals surface area contributed by atoms with Crippen molar-refractivity contribution in [2.45, 2.75) is 85.5 Å². The lowest BCUT2D eigenvalue weighted by atomic mass is 9.76. The number of likely N-dealkylation sites (tertiary alicyclic amines) is 1. The van der Waals surface area contributed by atoms with Crippen LogP contribution >= 0.6 is 0 Å². The number of aryl methyl sites for hydroxylation is 1. The second kappa shape index (κ2) is 11.9. The molecule has 2 heterocycles. The number of benzene rings is 2. The van der Waals surface area contributed by atoms with E-state index in [1.54, 1.807) is 15.9 Å². The normalized spacial score (nSPS) is 20.5. The molecule has 2 aliphatic heterocycles. The number of nitrogens with one attached hydrogen (secondary N) is 2. The Kier molecular flexibility index (Phi) is 8.75. The number of aliphatic imine (C=N–C) groups is 1. The zero-order chi connectivity index (χ0) is 29.9. The second-order valence-corrected chi connectivity index (χ2v) is 12.7. The minimum Gasteiger partial charge on any atom is -0.444 e. The molecule has 2 N–H and O–H groups in total. The molecule has 0 radical (unpaired) electrons. The maximum Gasteiger partial charge on any atom is 0.410 e. The minimum absolute atomic E-state index is 0.0778. The molecule has 0 spiro atoms. The van der Waals surface area contributed by atoms with E-state index >= 15 is 0 Å². The topological polar surface area (TPSA) is 103 Å². The number of nitrogens with zero attached hydrogens (tertiary/aromatic N) is 3. The molecule has 9 heteroatoms. The fraction of sp³-hybridized carbons (Fsp3) is 0.500.